The van der Waals surface area contributed by atoms with E-state index in [1.807, 2.05) is 13.8 Å². The fourth-order valence-corrected chi connectivity index (χ4v) is 5.30. The van der Waals surface area contributed by atoms with E-state index in [2.05, 4.69) is 66.0 Å². The van der Waals surface area contributed by atoms with E-state index in [0.29, 0.717) is 5.11 Å². The van der Waals surface area contributed by atoms with Crippen molar-refractivity contribution in [2.24, 2.45) is 16.2 Å². The molecule has 8 nitrogen and oxygen atoms in total. The van der Waals surface area contributed by atoms with Gasteiger partial charge in [-0.25, -0.2) is 0 Å². The molecule has 0 heterocycles. The number of nitrogens with one attached hydrogen (secondary N) is 2. The average Bonchev–Trinajstić information content (AvgIpc) is 2.61. The monoisotopic (exact) mass is 522 g/mol. The van der Waals surface area contributed by atoms with Crippen molar-refractivity contribution in [3.05, 3.63) is 0 Å². The lowest BCUT2D eigenvalue weighted by atomic mass is 9.71. The second-order valence-corrected chi connectivity index (χ2v) is 14.1. The minimum absolute atomic E-state index is 0.0179. The minimum Gasteiger partial charge on any atom is -0.394 e. The van der Waals surface area contributed by atoms with Gasteiger partial charge in [-0.1, -0.05) is 55.4 Å². The third-order valence-electron chi connectivity index (χ3n) is 5.78. The predicted molar refractivity (Wildman–Crippen MR) is 145 cm³/mol. The van der Waals surface area contributed by atoms with E-state index >= 15 is 0 Å². The largest absolute Gasteiger partial charge is 0.394 e. The van der Waals surface area contributed by atoms with Crippen molar-refractivity contribution in [1.29, 1.82) is 0 Å². The summed E-state index contributed by atoms with van der Waals surface area (Å²) in [5, 5.41) is 57.2. The Morgan fingerprint density at radius 2 is 1.29 bits per heavy atom. The molecule has 9 heteroatoms. The van der Waals surface area contributed by atoms with E-state index in [1.54, 1.807) is 0 Å². The van der Waals surface area contributed by atoms with Crippen LogP contribution >= 0.6 is 12.2 Å². The first-order valence-electron chi connectivity index (χ1n) is 12.6. The number of rotatable bonds is 14. The second-order valence-electron chi connectivity index (χ2n) is 13.7. The highest BCUT2D eigenvalue weighted by Crippen LogP contribution is 2.37. The molecule has 0 radical (unpaired) electrons. The summed E-state index contributed by atoms with van der Waals surface area (Å²) in [6.45, 7) is 20.1. The van der Waals surface area contributed by atoms with E-state index in [-0.39, 0.29) is 36.0 Å². The second kappa shape index (κ2) is 13.8. The zero-order chi connectivity index (χ0) is 27.8. The van der Waals surface area contributed by atoms with Gasteiger partial charge in [-0.2, -0.15) is 0 Å². The Morgan fingerprint density at radius 3 is 1.74 bits per heavy atom. The summed E-state index contributed by atoms with van der Waals surface area (Å²) in [5.41, 5.74) is -0.613. The molecule has 0 aliphatic carbocycles. The van der Waals surface area contributed by atoms with Gasteiger partial charge in [0.25, 0.3) is 0 Å². The van der Waals surface area contributed by atoms with Gasteiger partial charge in [0.05, 0.1) is 38.1 Å². The first-order chi connectivity index (χ1) is 15.6. The van der Waals surface area contributed by atoms with Gasteiger partial charge < -0.3 is 40.9 Å². The van der Waals surface area contributed by atoms with Crippen LogP contribution < -0.4 is 10.6 Å². The molecule has 0 bridgehead atoms. The highest BCUT2D eigenvalue weighted by molar-refractivity contribution is 7.80. The fourth-order valence-electron chi connectivity index (χ4n) is 4.88. The summed E-state index contributed by atoms with van der Waals surface area (Å²) in [6.07, 6.45) is -2.58. The summed E-state index contributed by atoms with van der Waals surface area (Å²) >= 11 is 5.53. The van der Waals surface area contributed by atoms with Gasteiger partial charge >= 0.3 is 0 Å². The van der Waals surface area contributed by atoms with Crippen molar-refractivity contribution >= 4 is 17.3 Å². The first kappa shape index (κ1) is 34.5. The molecule has 0 aliphatic heterocycles. The summed E-state index contributed by atoms with van der Waals surface area (Å²) in [4.78, 5) is 0. The smallest absolute Gasteiger partial charge is 0.167 e. The topological polar surface area (TPSA) is 134 Å². The van der Waals surface area contributed by atoms with Crippen molar-refractivity contribution in [3.8, 4) is 0 Å². The van der Waals surface area contributed by atoms with Crippen LogP contribution in [-0.2, 0) is 4.74 Å². The summed E-state index contributed by atoms with van der Waals surface area (Å²) in [6, 6.07) is -0.668. The highest BCUT2D eigenvalue weighted by Gasteiger charge is 2.36. The molecule has 0 amide bonds. The van der Waals surface area contributed by atoms with Gasteiger partial charge in [0, 0.05) is 12.0 Å². The molecule has 5 atom stereocenters. The maximum atomic E-state index is 11.1. The van der Waals surface area contributed by atoms with E-state index in [1.165, 1.54) is 0 Å². The predicted octanol–water partition coefficient (Wildman–Crippen LogP) is 2.34. The number of aliphatic hydroxyl groups is 5. The molecule has 0 aromatic heterocycles. The Hall–Kier alpha value is -0.550. The minimum atomic E-state index is -1.31. The molecule has 0 aromatic carbocycles. The summed E-state index contributed by atoms with van der Waals surface area (Å²) < 4.78 is 5.55. The molecule has 0 spiro atoms. The van der Waals surface area contributed by atoms with Gasteiger partial charge in [0.15, 0.2) is 5.11 Å². The molecule has 0 rings (SSSR count). The van der Waals surface area contributed by atoms with Crippen LogP contribution in [0.3, 0.4) is 0 Å². The highest BCUT2D eigenvalue weighted by atomic mass is 32.1. The Kier molecular flexibility index (Phi) is 13.6. The first-order valence-corrected chi connectivity index (χ1v) is 13.0. The molecule has 210 valence electrons. The molecule has 0 fully saturated rings. The average molecular weight is 523 g/mol. The molecule has 0 saturated heterocycles. The van der Waals surface area contributed by atoms with Crippen LogP contribution in [0, 0.1) is 16.2 Å². The summed E-state index contributed by atoms with van der Waals surface area (Å²) in [5.74, 6) is 0. The molecule has 35 heavy (non-hydrogen) atoms. The number of aliphatic hydroxyl groups excluding tert-OH is 5. The molecule has 5 unspecified atom stereocenters. The van der Waals surface area contributed by atoms with Gasteiger partial charge in [0.2, 0.25) is 0 Å². The maximum absolute atomic E-state index is 11.1. The van der Waals surface area contributed by atoms with Crippen molar-refractivity contribution < 1.29 is 30.3 Å². The Bertz CT molecular complexity index is 630. The van der Waals surface area contributed by atoms with Crippen LogP contribution in [0.4, 0.5) is 0 Å². The standard InChI is InChI=1S/C26H54N2O6S/c1-23(2,3)15-25(7,8)21(33)11-18(30)17(13-34-14-20(32)19(31)12-29)27-22(35)28-26(9,10)16-24(4,5)6/h17-21,29-33H,11-16H2,1-10H3,(H2,27,28,35). The van der Waals surface area contributed by atoms with Gasteiger partial charge in [0.1, 0.15) is 12.2 Å². The van der Waals surface area contributed by atoms with Crippen molar-refractivity contribution in [2.45, 2.75) is 124 Å². The van der Waals surface area contributed by atoms with Crippen LogP contribution in [0.1, 0.15) is 88.5 Å². The SMILES string of the molecule is CC(C)(C)CC(C)(C)NC(=S)NC(COCC(O)C(O)CO)C(O)CC(O)C(C)(C)CC(C)(C)C. The van der Waals surface area contributed by atoms with Crippen LogP contribution in [0.2, 0.25) is 0 Å². The van der Waals surface area contributed by atoms with Crippen LogP contribution in [-0.4, -0.2) is 86.5 Å². The Morgan fingerprint density at radius 1 is 0.771 bits per heavy atom. The molecule has 0 aromatic rings. The molecular weight excluding hydrogens is 468 g/mol. The number of thiocarbonyl (C=S) groups is 1. The quantitative estimate of drug-likeness (QED) is 0.172. The van der Waals surface area contributed by atoms with Crippen molar-refractivity contribution in [3.63, 3.8) is 0 Å². The normalized spacial score (nSPS) is 17.9. The lowest BCUT2D eigenvalue weighted by Crippen LogP contribution is -2.56. The lowest BCUT2D eigenvalue weighted by Gasteiger charge is -2.39. The van der Waals surface area contributed by atoms with E-state index in [0.717, 1.165) is 12.8 Å². The van der Waals surface area contributed by atoms with Crippen molar-refractivity contribution in [1.82, 2.24) is 10.6 Å². The number of hydrogen-bond donors (Lipinski definition) is 7. The van der Waals surface area contributed by atoms with Crippen LogP contribution in [0.15, 0.2) is 0 Å². The Balaban J connectivity index is 5.38. The van der Waals surface area contributed by atoms with Gasteiger partial charge in [-0.15, -0.1) is 0 Å². The Labute approximate surface area is 218 Å². The zero-order valence-electron chi connectivity index (χ0n) is 23.7. The number of ether oxygens (including phenoxy) is 1. The van der Waals surface area contributed by atoms with Gasteiger partial charge in [-0.3, -0.25) is 0 Å². The van der Waals surface area contributed by atoms with E-state index < -0.39 is 42.5 Å². The van der Waals surface area contributed by atoms with Crippen LogP contribution in [0.25, 0.3) is 0 Å². The molecule has 0 aliphatic rings. The van der Waals surface area contributed by atoms with Crippen molar-refractivity contribution in [2.75, 3.05) is 19.8 Å². The van der Waals surface area contributed by atoms with Crippen LogP contribution in [0.5, 0.6) is 0 Å². The third-order valence-corrected chi connectivity index (χ3v) is 6.00. The van der Waals surface area contributed by atoms with E-state index in [4.69, 9.17) is 22.1 Å². The third kappa shape index (κ3) is 15.3. The lowest BCUT2D eigenvalue weighted by molar-refractivity contribution is -0.0684. The zero-order valence-corrected chi connectivity index (χ0v) is 24.5. The van der Waals surface area contributed by atoms with Gasteiger partial charge in [-0.05, 0) is 55.2 Å². The molecule has 0 saturated carbocycles. The fraction of sp³-hybridized carbons (Fsp3) is 0.962. The molecule has 7 N–H and O–H groups in total. The maximum Gasteiger partial charge on any atom is 0.167 e. The van der Waals surface area contributed by atoms with E-state index in [9.17, 15) is 20.4 Å². The number of hydrogen-bond acceptors (Lipinski definition) is 7. The molecular formula is C26H54N2O6S. The summed E-state index contributed by atoms with van der Waals surface area (Å²) in [7, 11) is 0.